The first-order valence-electron chi connectivity index (χ1n) is 6.29. The zero-order chi connectivity index (χ0) is 14.3. The highest BCUT2D eigenvalue weighted by Crippen LogP contribution is 2.10. The van der Waals surface area contributed by atoms with Gasteiger partial charge in [-0.25, -0.2) is 9.97 Å². The van der Waals surface area contributed by atoms with E-state index in [9.17, 15) is 4.79 Å². The fourth-order valence-corrected chi connectivity index (χ4v) is 1.34. The maximum atomic E-state index is 11.4. The fourth-order valence-electron chi connectivity index (χ4n) is 1.34. The summed E-state index contributed by atoms with van der Waals surface area (Å²) in [6.07, 6.45) is 4.79. The Labute approximate surface area is 113 Å². The lowest BCUT2D eigenvalue weighted by atomic mass is 10.2. The van der Waals surface area contributed by atoms with Crippen LogP contribution in [-0.4, -0.2) is 28.1 Å². The number of hydrogen-bond donors (Lipinski definition) is 1. The second-order valence-corrected chi connectivity index (χ2v) is 5.17. The number of esters is 1. The number of unbranched alkanes of at least 4 members (excludes halogenated alkanes) is 1. The number of rotatable bonds is 6. The number of aromatic nitrogens is 2. The molecule has 1 aromatic rings. The van der Waals surface area contributed by atoms with Gasteiger partial charge in [0.05, 0.1) is 19.0 Å². The zero-order valence-electron chi connectivity index (χ0n) is 11.7. The van der Waals surface area contributed by atoms with Crippen LogP contribution in [0.1, 0.15) is 40.0 Å². The third kappa shape index (κ3) is 7.23. The molecule has 1 heterocycles. The SMILES string of the molecule is CC(C)(C)OC(=O)CCCCOc1cnc(N)cn1. The van der Waals surface area contributed by atoms with Crippen molar-refractivity contribution < 1.29 is 14.3 Å². The third-order valence-corrected chi connectivity index (χ3v) is 2.09. The van der Waals surface area contributed by atoms with Gasteiger partial charge < -0.3 is 15.2 Å². The highest BCUT2D eigenvalue weighted by molar-refractivity contribution is 5.69. The number of anilines is 1. The molecule has 2 N–H and O–H groups in total. The number of ether oxygens (including phenoxy) is 2. The Kier molecular flexibility index (Phi) is 5.54. The van der Waals surface area contributed by atoms with Crippen molar-refractivity contribution in [3.05, 3.63) is 12.4 Å². The number of nitrogens with two attached hydrogens (primary N) is 1. The number of nitrogen functional groups attached to an aromatic ring is 1. The standard InChI is InChI=1S/C13H21N3O3/c1-13(2,3)19-12(17)6-4-5-7-18-11-9-15-10(14)8-16-11/h8-9H,4-7H2,1-3H3,(H2,14,15). The van der Waals surface area contributed by atoms with E-state index in [-0.39, 0.29) is 5.97 Å². The molecular weight excluding hydrogens is 246 g/mol. The molecule has 0 bridgehead atoms. The third-order valence-electron chi connectivity index (χ3n) is 2.09. The first-order chi connectivity index (χ1) is 8.87. The summed E-state index contributed by atoms with van der Waals surface area (Å²) >= 11 is 0. The monoisotopic (exact) mass is 267 g/mol. The topological polar surface area (TPSA) is 87.3 Å². The predicted molar refractivity (Wildman–Crippen MR) is 71.6 cm³/mol. The number of hydrogen-bond acceptors (Lipinski definition) is 6. The maximum absolute atomic E-state index is 11.4. The fraction of sp³-hybridized carbons (Fsp3) is 0.615. The van der Waals surface area contributed by atoms with Crippen LogP contribution in [0, 0.1) is 0 Å². The van der Waals surface area contributed by atoms with Gasteiger partial charge in [0.25, 0.3) is 0 Å². The largest absolute Gasteiger partial charge is 0.477 e. The molecule has 0 aliphatic heterocycles. The Morgan fingerprint density at radius 1 is 1.26 bits per heavy atom. The van der Waals surface area contributed by atoms with Gasteiger partial charge >= 0.3 is 5.97 Å². The van der Waals surface area contributed by atoms with Gasteiger partial charge in [-0.1, -0.05) is 0 Å². The van der Waals surface area contributed by atoms with E-state index in [4.69, 9.17) is 15.2 Å². The molecule has 0 unspecified atom stereocenters. The summed E-state index contributed by atoms with van der Waals surface area (Å²) in [6, 6.07) is 0. The van der Waals surface area contributed by atoms with E-state index in [1.54, 1.807) is 0 Å². The van der Waals surface area contributed by atoms with Crippen LogP contribution in [0.5, 0.6) is 5.88 Å². The van der Waals surface area contributed by atoms with E-state index in [2.05, 4.69) is 9.97 Å². The molecule has 0 saturated carbocycles. The molecule has 1 rings (SSSR count). The summed E-state index contributed by atoms with van der Waals surface area (Å²) in [6.45, 7) is 6.05. The van der Waals surface area contributed by atoms with Crippen LogP contribution in [-0.2, 0) is 9.53 Å². The number of nitrogens with zero attached hydrogens (tertiary/aromatic N) is 2. The van der Waals surface area contributed by atoms with Gasteiger partial charge in [0, 0.05) is 6.42 Å². The van der Waals surface area contributed by atoms with Gasteiger partial charge in [0.15, 0.2) is 0 Å². The average Bonchev–Trinajstić information content (AvgIpc) is 2.29. The van der Waals surface area contributed by atoms with Crippen LogP contribution in [0.3, 0.4) is 0 Å². The lowest BCUT2D eigenvalue weighted by Crippen LogP contribution is -2.23. The minimum atomic E-state index is -0.423. The van der Waals surface area contributed by atoms with Gasteiger partial charge in [0.1, 0.15) is 11.4 Å². The minimum absolute atomic E-state index is 0.181. The zero-order valence-corrected chi connectivity index (χ0v) is 11.7. The summed E-state index contributed by atoms with van der Waals surface area (Å²) < 4.78 is 10.6. The maximum Gasteiger partial charge on any atom is 0.306 e. The molecule has 19 heavy (non-hydrogen) atoms. The quantitative estimate of drug-likeness (QED) is 0.626. The van der Waals surface area contributed by atoms with Gasteiger partial charge in [-0.2, -0.15) is 0 Å². The first-order valence-corrected chi connectivity index (χ1v) is 6.29. The Balaban J connectivity index is 2.11. The molecule has 0 radical (unpaired) electrons. The lowest BCUT2D eigenvalue weighted by molar-refractivity contribution is -0.154. The Hall–Kier alpha value is -1.85. The van der Waals surface area contributed by atoms with Crippen molar-refractivity contribution in [1.29, 1.82) is 0 Å². The summed E-state index contributed by atoms with van der Waals surface area (Å²) in [5, 5.41) is 0. The number of carbonyl (C=O) groups excluding carboxylic acids is 1. The molecule has 0 aliphatic rings. The van der Waals surface area contributed by atoms with Gasteiger partial charge in [0.2, 0.25) is 5.88 Å². The highest BCUT2D eigenvalue weighted by atomic mass is 16.6. The minimum Gasteiger partial charge on any atom is -0.477 e. The number of carbonyl (C=O) groups is 1. The summed E-state index contributed by atoms with van der Waals surface area (Å²) in [4.78, 5) is 19.3. The van der Waals surface area contributed by atoms with Gasteiger partial charge in [-0.15, -0.1) is 0 Å². The van der Waals surface area contributed by atoms with E-state index in [1.165, 1.54) is 12.4 Å². The molecule has 0 fully saturated rings. The Bertz CT molecular complexity index is 399. The molecule has 1 aromatic heterocycles. The van der Waals surface area contributed by atoms with Crippen molar-refractivity contribution in [2.24, 2.45) is 0 Å². The average molecular weight is 267 g/mol. The van der Waals surface area contributed by atoms with Gasteiger partial charge in [-0.3, -0.25) is 4.79 Å². The highest BCUT2D eigenvalue weighted by Gasteiger charge is 2.15. The molecule has 0 aromatic carbocycles. The van der Waals surface area contributed by atoms with E-state index in [0.717, 1.165) is 12.8 Å². The van der Waals surface area contributed by atoms with E-state index >= 15 is 0 Å². The van der Waals surface area contributed by atoms with Crippen molar-refractivity contribution in [3.8, 4) is 5.88 Å². The summed E-state index contributed by atoms with van der Waals surface area (Å²) in [7, 11) is 0. The molecule has 0 aliphatic carbocycles. The molecule has 0 atom stereocenters. The normalized spacial score (nSPS) is 11.1. The predicted octanol–water partition coefficient (Wildman–Crippen LogP) is 1.95. The van der Waals surface area contributed by atoms with Crippen LogP contribution in [0.25, 0.3) is 0 Å². The van der Waals surface area contributed by atoms with Crippen molar-refractivity contribution in [1.82, 2.24) is 9.97 Å². The van der Waals surface area contributed by atoms with E-state index in [1.807, 2.05) is 20.8 Å². The first kappa shape index (κ1) is 15.2. The van der Waals surface area contributed by atoms with Crippen LogP contribution in [0.15, 0.2) is 12.4 Å². The van der Waals surface area contributed by atoms with Crippen LogP contribution < -0.4 is 10.5 Å². The Morgan fingerprint density at radius 2 is 2.00 bits per heavy atom. The molecule has 0 amide bonds. The van der Waals surface area contributed by atoms with Crippen molar-refractivity contribution in [2.45, 2.75) is 45.6 Å². The van der Waals surface area contributed by atoms with Crippen LogP contribution >= 0.6 is 0 Å². The molecule has 0 saturated heterocycles. The molecule has 106 valence electrons. The van der Waals surface area contributed by atoms with E-state index < -0.39 is 5.60 Å². The summed E-state index contributed by atoms with van der Waals surface area (Å²) in [5.74, 6) is 0.614. The van der Waals surface area contributed by atoms with E-state index in [0.29, 0.717) is 24.7 Å². The van der Waals surface area contributed by atoms with Gasteiger partial charge in [-0.05, 0) is 33.6 Å². The molecule has 6 nitrogen and oxygen atoms in total. The van der Waals surface area contributed by atoms with Crippen LogP contribution in [0.2, 0.25) is 0 Å². The lowest BCUT2D eigenvalue weighted by Gasteiger charge is -2.19. The summed E-state index contributed by atoms with van der Waals surface area (Å²) in [5.41, 5.74) is 4.98. The van der Waals surface area contributed by atoms with Crippen molar-refractivity contribution in [2.75, 3.05) is 12.3 Å². The molecule has 0 spiro atoms. The second-order valence-electron chi connectivity index (χ2n) is 5.17. The Morgan fingerprint density at radius 3 is 2.58 bits per heavy atom. The molecule has 6 heteroatoms. The smallest absolute Gasteiger partial charge is 0.306 e. The second kappa shape index (κ2) is 6.92. The molecular formula is C13H21N3O3. The van der Waals surface area contributed by atoms with Crippen LogP contribution in [0.4, 0.5) is 5.82 Å². The van der Waals surface area contributed by atoms with Crippen molar-refractivity contribution >= 4 is 11.8 Å². The van der Waals surface area contributed by atoms with Crippen molar-refractivity contribution in [3.63, 3.8) is 0 Å².